The molecule has 1 saturated heterocycles. The molecule has 0 unspecified atom stereocenters. The first-order valence-electron chi connectivity index (χ1n) is 7.29. The summed E-state index contributed by atoms with van der Waals surface area (Å²) in [5.41, 5.74) is 2.01. The van der Waals surface area contributed by atoms with E-state index in [0.29, 0.717) is 19.6 Å². The summed E-state index contributed by atoms with van der Waals surface area (Å²) in [5.74, 6) is 0.215. The van der Waals surface area contributed by atoms with Crippen molar-refractivity contribution in [2.75, 3.05) is 13.2 Å². The van der Waals surface area contributed by atoms with Crippen LogP contribution in [0.25, 0.3) is 0 Å². The zero-order valence-electron chi connectivity index (χ0n) is 12.6. The first-order chi connectivity index (χ1) is 9.44. The molecule has 1 aliphatic rings. The highest BCUT2D eigenvalue weighted by atomic mass is 16.7. The van der Waals surface area contributed by atoms with Crippen molar-refractivity contribution in [3.8, 4) is 0 Å². The standard InChI is InChI=1S/C17H24O3/c1-17(2,3)12-15(18)14-6-4-5-13(11-14)7-8-16-19-9-10-20-16/h4-6,11,16H,7-10,12H2,1-3H3. The summed E-state index contributed by atoms with van der Waals surface area (Å²) in [6, 6.07) is 7.92. The fourth-order valence-corrected chi connectivity index (χ4v) is 2.34. The van der Waals surface area contributed by atoms with E-state index < -0.39 is 0 Å². The van der Waals surface area contributed by atoms with Crippen molar-refractivity contribution >= 4 is 5.78 Å². The topological polar surface area (TPSA) is 35.5 Å². The van der Waals surface area contributed by atoms with E-state index in [4.69, 9.17) is 9.47 Å². The van der Waals surface area contributed by atoms with Crippen molar-refractivity contribution < 1.29 is 14.3 Å². The minimum Gasteiger partial charge on any atom is -0.350 e. The number of hydrogen-bond donors (Lipinski definition) is 0. The highest BCUT2D eigenvalue weighted by molar-refractivity contribution is 5.96. The summed E-state index contributed by atoms with van der Waals surface area (Å²) in [6.45, 7) is 7.64. The van der Waals surface area contributed by atoms with Crippen LogP contribution in [-0.2, 0) is 15.9 Å². The second-order valence-corrected chi connectivity index (χ2v) is 6.57. The molecule has 0 amide bonds. The molecule has 1 aromatic carbocycles. The van der Waals surface area contributed by atoms with Gasteiger partial charge in [0, 0.05) is 18.4 Å². The quantitative estimate of drug-likeness (QED) is 0.771. The van der Waals surface area contributed by atoms with Crippen LogP contribution >= 0.6 is 0 Å². The molecule has 1 fully saturated rings. The van der Waals surface area contributed by atoms with Gasteiger partial charge in [-0.15, -0.1) is 0 Å². The van der Waals surface area contributed by atoms with E-state index in [-0.39, 0.29) is 17.5 Å². The monoisotopic (exact) mass is 276 g/mol. The summed E-state index contributed by atoms with van der Waals surface area (Å²) in [4.78, 5) is 12.2. The molecule has 3 heteroatoms. The summed E-state index contributed by atoms with van der Waals surface area (Å²) in [7, 11) is 0. The maximum atomic E-state index is 12.2. The minimum atomic E-state index is -0.0797. The summed E-state index contributed by atoms with van der Waals surface area (Å²) in [5, 5.41) is 0. The van der Waals surface area contributed by atoms with Crippen LogP contribution in [0, 0.1) is 5.41 Å². The predicted molar refractivity (Wildman–Crippen MR) is 78.9 cm³/mol. The molecule has 20 heavy (non-hydrogen) atoms. The van der Waals surface area contributed by atoms with E-state index in [2.05, 4.69) is 26.8 Å². The second-order valence-electron chi connectivity index (χ2n) is 6.57. The molecule has 3 nitrogen and oxygen atoms in total. The Morgan fingerprint density at radius 2 is 1.95 bits per heavy atom. The van der Waals surface area contributed by atoms with Gasteiger partial charge in [-0.3, -0.25) is 4.79 Å². The zero-order chi connectivity index (χ0) is 14.6. The Morgan fingerprint density at radius 1 is 1.25 bits per heavy atom. The average molecular weight is 276 g/mol. The molecule has 0 aromatic heterocycles. The van der Waals surface area contributed by atoms with Crippen LogP contribution in [-0.4, -0.2) is 25.3 Å². The van der Waals surface area contributed by atoms with Crippen molar-refractivity contribution in [2.24, 2.45) is 5.41 Å². The van der Waals surface area contributed by atoms with E-state index in [1.807, 2.05) is 18.2 Å². The number of ketones is 1. The molecule has 0 atom stereocenters. The molecule has 2 rings (SSSR count). The molecule has 1 heterocycles. The van der Waals surface area contributed by atoms with Crippen molar-refractivity contribution in [1.82, 2.24) is 0 Å². The zero-order valence-corrected chi connectivity index (χ0v) is 12.6. The van der Waals surface area contributed by atoms with Gasteiger partial charge in [-0.05, 0) is 23.5 Å². The van der Waals surface area contributed by atoms with Crippen LogP contribution in [0.1, 0.15) is 49.5 Å². The SMILES string of the molecule is CC(C)(C)CC(=O)c1cccc(CCC2OCCO2)c1. The van der Waals surface area contributed by atoms with E-state index in [1.54, 1.807) is 0 Å². The third-order valence-corrected chi connectivity index (χ3v) is 3.30. The lowest BCUT2D eigenvalue weighted by atomic mass is 9.87. The number of hydrogen-bond acceptors (Lipinski definition) is 3. The lowest BCUT2D eigenvalue weighted by Gasteiger charge is -2.17. The number of benzene rings is 1. The van der Waals surface area contributed by atoms with Gasteiger partial charge in [-0.25, -0.2) is 0 Å². The Morgan fingerprint density at radius 3 is 2.60 bits per heavy atom. The molecule has 0 N–H and O–H groups in total. The molecule has 0 radical (unpaired) electrons. The Kier molecular flexibility index (Phi) is 4.95. The summed E-state index contributed by atoms with van der Waals surface area (Å²) in [6.07, 6.45) is 2.22. The van der Waals surface area contributed by atoms with E-state index >= 15 is 0 Å². The Bertz CT molecular complexity index is 454. The highest BCUT2D eigenvalue weighted by Crippen LogP contribution is 2.22. The van der Waals surface area contributed by atoms with Gasteiger partial charge in [0.2, 0.25) is 0 Å². The van der Waals surface area contributed by atoms with Crippen LogP contribution < -0.4 is 0 Å². The Balaban J connectivity index is 1.94. The molecule has 0 saturated carbocycles. The molecule has 0 aliphatic carbocycles. The first-order valence-corrected chi connectivity index (χ1v) is 7.29. The summed E-state index contributed by atoms with van der Waals surface area (Å²) >= 11 is 0. The van der Waals surface area contributed by atoms with Crippen LogP contribution in [0.4, 0.5) is 0 Å². The van der Waals surface area contributed by atoms with Crippen LogP contribution in [0.5, 0.6) is 0 Å². The van der Waals surface area contributed by atoms with E-state index in [9.17, 15) is 4.79 Å². The van der Waals surface area contributed by atoms with Gasteiger partial charge in [0.1, 0.15) is 0 Å². The maximum Gasteiger partial charge on any atom is 0.163 e. The van der Waals surface area contributed by atoms with Crippen molar-refractivity contribution in [2.45, 2.75) is 46.3 Å². The van der Waals surface area contributed by atoms with Crippen molar-refractivity contribution in [3.05, 3.63) is 35.4 Å². The predicted octanol–water partition coefficient (Wildman–Crippen LogP) is 3.61. The van der Waals surface area contributed by atoms with E-state index in [0.717, 1.165) is 18.4 Å². The number of carbonyl (C=O) groups is 1. The lowest BCUT2D eigenvalue weighted by Crippen LogP contribution is -2.13. The third kappa shape index (κ3) is 4.73. The number of ether oxygens (including phenoxy) is 2. The molecular formula is C17H24O3. The van der Waals surface area contributed by atoms with Crippen molar-refractivity contribution in [1.29, 1.82) is 0 Å². The van der Waals surface area contributed by atoms with Gasteiger partial charge < -0.3 is 9.47 Å². The van der Waals surface area contributed by atoms with Gasteiger partial charge >= 0.3 is 0 Å². The smallest absolute Gasteiger partial charge is 0.163 e. The number of rotatable bonds is 5. The normalized spacial score (nSPS) is 16.6. The van der Waals surface area contributed by atoms with Gasteiger partial charge in [-0.1, -0.05) is 39.0 Å². The van der Waals surface area contributed by atoms with Crippen LogP contribution in [0.15, 0.2) is 24.3 Å². The van der Waals surface area contributed by atoms with Crippen molar-refractivity contribution in [3.63, 3.8) is 0 Å². The van der Waals surface area contributed by atoms with E-state index in [1.165, 1.54) is 5.56 Å². The number of Topliss-reactive ketones (excluding diaryl/α,β-unsaturated/α-hetero) is 1. The Labute approximate surface area is 121 Å². The molecule has 110 valence electrons. The van der Waals surface area contributed by atoms with Crippen LogP contribution in [0.3, 0.4) is 0 Å². The fraction of sp³-hybridized carbons (Fsp3) is 0.588. The average Bonchev–Trinajstić information content (AvgIpc) is 2.88. The number of aryl methyl sites for hydroxylation is 1. The maximum absolute atomic E-state index is 12.2. The first kappa shape index (κ1) is 15.2. The molecule has 1 aliphatic heterocycles. The lowest BCUT2D eigenvalue weighted by molar-refractivity contribution is -0.0461. The van der Waals surface area contributed by atoms with Gasteiger partial charge in [0.25, 0.3) is 0 Å². The minimum absolute atomic E-state index is 0.0264. The van der Waals surface area contributed by atoms with Gasteiger partial charge in [0.05, 0.1) is 13.2 Å². The third-order valence-electron chi connectivity index (χ3n) is 3.30. The van der Waals surface area contributed by atoms with Gasteiger partial charge in [-0.2, -0.15) is 0 Å². The molecule has 1 aromatic rings. The van der Waals surface area contributed by atoms with Crippen LogP contribution in [0.2, 0.25) is 0 Å². The van der Waals surface area contributed by atoms with Gasteiger partial charge in [0.15, 0.2) is 12.1 Å². The molecule has 0 spiro atoms. The summed E-state index contributed by atoms with van der Waals surface area (Å²) < 4.78 is 10.9. The number of carbonyl (C=O) groups excluding carboxylic acids is 1. The Hall–Kier alpha value is -1.19. The molecular weight excluding hydrogens is 252 g/mol. The fourth-order valence-electron chi connectivity index (χ4n) is 2.34. The second kappa shape index (κ2) is 6.51. The molecule has 0 bridgehead atoms. The largest absolute Gasteiger partial charge is 0.350 e. The highest BCUT2D eigenvalue weighted by Gasteiger charge is 2.18.